The molecule has 1 saturated carbocycles. The third-order valence-electron chi connectivity index (χ3n) is 5.79. The molecule has 0 unspecified atom stereocenters. The van der Waals surface area contributed by atoms with E-state index in [2.05, 4.69) is 49.3 Å². The summed E-state index contributed by atoms with van der Waals surface area (Å²) in [5.74, 6) is 1.14. The minimum atomic E-state index is 0.143. The zero-order valence-corrected chi connectivity index (χ0v) is 17.2. The number of hydrogen-bond donors (Lipinski definition) is 0. The van der Waals surface area contributed by atoms with Gasteiger partial charge in [-0.25, -0.2) is 0 Å². The Balaban J connectivity index is 1.55. The summed E-state index contributed by atoms with van der Waals surface area (Å²) < 4.78 is 5.64. The van der Waals surface area contributed by atoms with Crippen LogP contribution in [0.2, 0.25) is 0 Å². The van der Waals surface area contributed by atoms with E-state index in [9.17, 15) is 4.79 Å². The maximum absolute atomic E-state index is 13.2. The molecule has 4 nitrogen and oxygen atoms in total. The molecule has 29 heavy (non-hydrogen) atoms. The van der Waals surface area contributed by atoms with Gasteiger partial charge in [0.1, 0.15) is 5.69 Å². The molecule has 0 spiro atoms. The summed E-state index contributed by atoms with van der Waals surface area (Å²) in [4.78, 5) is 15.1. The van der Waals surface area contributed by atoms with Crippen molar-refractivity contribution in [3.8, 4) is 11.3 Å². The standard InChI is InChI=1S/C25H28N2O2/c1-18-12-13-23(19(2)14-18)24-15-22(26-29-24)17-27(16-20-8-4-3-5-9-20)25(28)21-10-6-7-11-21/h3-5,8-9,12-15,21H,6-7,10-11,16-17H2,1-2H3. The van der Waals surface area contributed by atoms with Crippen molar-refractivity contribution in [2.45, 2.75) is 52.6 Å². The van der Waals surface area contributed by atoms with Crippen molar-refractivity contribution >= 4 is 5.91 Å². The van der Waals surface area contributed by atoms with Crippen LogP contribution in [0, 0.1) is 19.8 Å². The lowest BCUT2D eigenvalue weighted by molar-refractivity contribution is -0.136. The van der Waals surface area contributed by atoms with Crippen molar-refractivity contribution in [2.75, 3.05) is 0 Å². The summed E-state index contributed by atoms with van der Waals surface area (Å²) in [7, 11) is 0. The molecule has 3 aromatic rings. The molecule has 4 heteroatoms. The molecule has 150 valence electrons. The van der Waals surface area contributed by atoms with E-state index in [1.807, 2.05) is 29.2 Å². The fraction of sp³-hybridized carbons (Fsp3) is 0.360. The average molecular weight is 389 g/mol. The quantitative estimate of drug-likeness (QED) is 0.546. The summed E-state index contributed by atoms with van der Waals surface area (Å²) in [5.41, 5.74) is 5.36. The topological polar surface area (TPSA) is 46.3 Å². The fourth-order valence-electron chi connectivity index (χ4n) is 4.25. The van der Waals surface area contributed by atoms with E-state index in [1.54, 1.807) is 0 Å². The van der Waals surface area contributed by atoms with E-state index in [1.165, 1.54) is 5.56 Å². The highest BCUT2D eigenvalue weighted by Crippen LogP contribution is 2.29. The number of hydrogen-bond acceptors (Lipinski definition) is 3. The van der Waals surface area contributed by atoms with E-state index >= 15 is 0 Å². The smallest absolute Gasteiger partial charge is 0.226 e. The van der Waals surface area contributed by atoms with Gasteiger partial charge in [-0.2, -0.15) is 0 Å². The van der Waals surface area contributed by atoms with Gasteiger partial charge in [-0.1, -0.05) is 72.1 Å². The van der Waals surface area contributed by atoms with E-state index in [0.717, 1.165) is 53.8 Å². The molecule has 1 aromatic heterocycles. The van der Waals surface area contributed by atoms with Gasteiger partial charge in [-0.15, -0.1) is 0 Å². The minimum absolute atomic E-state index is 0.143. The van der Waals surface area contributed by atoms with Gasteiger partial charge >= 0.3 is 0 Å². The second-order valence-corrected chi connectivity index (χ2v) is 8.16. The van der Waals surface area contributed by atoms with Crippen molar-refractivity contribution < 1.29 is 9.32 Å². The fourth-order valence-corrected chi connectivity index (χ4v) is 4.25. The maximum Gasteiger partial charge on any atom is 0.226 e. The summed E-state index contributed by atoms with van der Waals surface area (Å²) in [6.45, 7) is 5.23. The number of aromatic nitrogens is 1. The van der Waals surface area contributed by atoms with Gasteiger partial charge in [0.2, 0.25) is 5.91 Å². The summed E-state index contributed by atoms with van der Waals surface area (Å²) in [6.07, 6.45) is 4.29. The Labute approximate surface area is 172 Å². The van der Waals surface area contributed by atoms with Crippen LogP contribution in [0.25, 0.3) is 11.3 Å². The van der Waals surface area contributed by atoms with Crippen LogP contribution in [-0.2, 0) is 17.9 Å². The van der Waals surface area contributed by atoms with Crippen LogP contribution in [0.3, 0.4) is 0 Å². The number of nitrogens with zero attached hydrogens (tertiary/aromatic N) is 2. The van der Waals surface area contributed by atoms with Crippen LogP contribution in [-0.4, -0.2) is 16.0 Å². The van der Waals surface area contributed by atoms with Gasteiger partial charge in [0.05, 0.1) is 6.54 Å². The van der Waals surface area contributed by atoms with Gasteiger partial charge in [0.25, 0.3) is 0 Å². The first-order valence-electron chi connectivity index (χ1n) is 10.5. The lowest BCUT2D eigenvalue weighted by atomic mass is 10.0. The molecular formula is C25H28N2O2. The van der Waals surface area contributed by atoms with Crippen molar-refractivity contribution in [3.05, 3.63) is 77.0 Å². The lowest BCUT2D eigenvalue weighted by Crippen LogP contribution is -2.34. The SMILES string of the molecule is Cc1ccc(-c2cc(CN(Cc3ccccc3)C(=O)C3CCCC3)no2)c(C)c1. The van der Waals surface area contributed by atoms with E-state index in [-0.39, 0.29) is 11.8 Å². The number of amides is 1. The van der Waals surface area contributed by atoms with Crippen molar-refractivity contribution in [1.82, 2.24) is 10.1 Å². The second-order valence-electron chi connectivity index (χ2n) is 8.16. The predicted molar refractivity (Wildman–Crippen MR) is 114 cm³/mol. The zero-order valence-electron chi connectivity index (χ0n) is 17.2. The normalized spacial score (nSPS) is 14.3. The Morgan fingerprint density at radius 1 is 1.03 bits per heavy atom. The molecule has 0 bridgehead atoms. The Bertz CT molecular complexity index is 971. The van der Waals surface area contributed by atoms with E-state index in [0.29, 0.717) is 13.1 Å². The van der Waals surface area contributed by atoms with Gasteiger partial charge in [-0.05, 0) is 37.8 Å². The summed E-state index contributed by atoms with van der Waals surface area (Å²) >= 11 is 0. The van der Waals surface area contributed by atoms with Crippen molar-refractivity contribution in [3.63, 3.8) is 0 Å². The van der Waals surface area contributed by atoms with Gasteiger partial charge in [0.15, 0.2) is 5.76 Å². The Kier molecular flexibility index (Phi) is 5.79. The second kappa shape index (κ2) is 8.64. The molecule has 0 atom stereocenters. The molecule has 0 N–H and O–H groups in total. The van der Waals surface area contributed by atoms with Gasteiger partial charge < -0.3 is 9.42 Å². The summed E-state index contributed by atoms with van der Waals surface area (Å²) in [6, 6.07) is 18.4. The number of rotatable bonds is 6. The van der Waals surface area contributed by atoms with E-state index in [4.69, 9.17) is 4.52 Å². The molecule has 1 aliphatic carbocycles. The Hall–Kier alpha value is -2.88. The number of aryl methyl sites for hydroxylation is 2. The van der Waals surface area contributed by atoms with Crippen LogP contribution >= 0.6 is 0 Å². The molecule has 0 radical (unpaired) electrons. The highest BCUT2D eigenvalue weighted by Gasteiger charge is 2.28. The highest BCUT2D eigenvalue weighted by molar-refractivity contribution is 5.79. The van der Waals surface area contributed by atoms with Gasteiger partial charge in [-0.3, -0.25) is 4.79 Å². The first-order valence-corrected chi connectivity index (χ1v) is 10.5. The molecule has 0 aliphatic heterocycles. The van der Waals surface area contributed by atoms with Crippen molar-refractivity contribution in [1.29, 1.82) is 0 Å². The predicted octanol–water partition coefficient (Wildman–Crippen LogP) is 5.68. The third-order valence-corrected chi connectivity index (χ3v) is 5.79. The average Bonchev–Trinajstić information content (AvgIpc) is 3.40. The molecule has 0 saturated heterocycles. The molecule has 1 heterocycles. The first-order chi connectivity index (χ1) is 14.1. The molecule has 1 amide bonds. The monoisotopic (exact) mass is 388 g/mol. The Morgan fingerprint density at radius 3 is 2.52 bits per heavy atom. The zero-order chi connectivity index (χ0) is 20.2. The van der Waals surface area contributed by atoms with Crippen LogP contribution in [0.4, 0.5) is 0 Å². The molecule has 4 rings (SSSR count). The lowest BCUT2D eigenvalue weighted by Gasteiger charge is -2.25. The highest BCUT2D eigenvalue weighted by atomic mass is 16.5. The largest absolute Gasteiger partial charge is 0.356 e. The van der Waals surface area contributed by atoms with E-state index < -0.39 is 0 Å². The van der Waals surface area contributed by atoms with Gasteiger partial charge in [0, 0.05) is 24.1 Å². The summed E-state index contributed by atoms with van der Waals surface area (Å²) in [5, 5.41) is 4.28. The van der Waals surface area contributed by atoms with Crippen LogP contribution < -0.4 is 0 Å². The van der Waals surface area contributed by atoms with Crippen LogP contribution in [0.15, 0.2) is 59.1 Å². The van der Waals surface area contributed by atoms with Crippen LogP contribution in [0.5, 0.6) is 0 Å². The maximum atomic E-state index is 13.2. The molecular weight excluding hydrogens is 360 g/mol. The Morgan fingerprint density at radius 2 is 1.79 bits per heavy atom. The molecule has 1 aliphatic rings. The number of carbonyl (C=O) groups is 1. The van der Waals surface area contributed by atoms with Crippen LogP contribution in [0.1, 0.15) is 48.1 Å². The third kappa shape index (κ3) is 4.58. The first kappa shape index (κ1) is 19.4. The number of carbonyl (C=O) groups excluding carboxylic acids is 1. The molecule has 2 aromatic carbocycles. The number of benzene rings is 2. The minimum Gasteiger partial charge on any atom is -0.356 e. The van der Waals surface area contributed by atoms with Crippen molar-refractivity contribution in [2.24, 2.45) is 5.92 Å². The molecule has 1 fully saturated rings.